The highest BCUT2D eigenvalue weighted by Gasteiger charge is 2.37. The minimum Gasteiger partial charge on any atom is -0.480 e. The summed E-state index contributed by atoms with van der Waals surface area (Å²) in [6, 6.07) is 4.65. The van der Waals surface area contributed by atoms with Crippen LogP contribution in [-0.4, -0.2) is 150 Å². The first kappa shape index (κ1) is 68.6. The first-order valence-electron chi connectivity index (χ1n) is 28.1. The van der Waals surface area contributed by atoms with Crippen molar-refractivity contribution in [1.82, 2.24) is 47.5 Å². The van der Waals surface area contributed by atoms with E-state index in [-0.39, 0.29) is 95.3 Å². The predicted octanol–water partition coefficient (Wildman–Crippen LogP) is -1.52. The van der Waals surface area contributed by atoms with Crippen molar-refractivity contribution in [2.24, 2.45) is 57.1 Å². The second-order valence-electron chi connectivity index (χ2n) is 21.1. The van der Waals surface area contributed by atoms with E-state index in [9.17, 15) is 48.3 Å². The third-order valence-electron chi connectivity index (χ3n) is 14.1. The minimum absolute atomic E-state index is 0.0412. The Kier molecular flexibility index (Phi) is 29.5. The zero-order chi connectivity index (χ0) is 61.1. The van der Waals surface area contributed by atoms with Gasteiger partial charge in [0.2, 0.25) is 47.3 Å². The summed E-state index contributed by atoms with van der Waals surface area (Å²) in [6.07, 6.45) is 2.62. The summed E-state index contributed by atoms with van der Waals surface area (Å²) in [5.41, 5.74) is 36.4. The number of hydrogen-bond donors (Lipinski definition) is 16. The summed E-state index contributed by atoms with van der Waals surface area (Å²) in [4.78, 5) is 132. The van der Waals surface area contributed by atoms with E-state index < -0.39 is 114 Å². The minimum atomic E-state index is -1.41. The second-order valence-corrected chi connectivity index (χ2v) is 21.1. The van der Waals surface area contributed by atoms with Gasteiger partial charge in [-0.25, -0.2) is 4.79 Å². The smallest absolute Gasteiger partial charge is 0.326 e. The molecule has 22 N–H and O–H groups in total. The van der Waals surface area contributed by atoms with E-state index in [1.54, 1.807) is 56.4 Å². The Morgan fingerprint density at radius 1 is 0.537 bits per heavy atom. The van der Waals surface area contributed by atoms with Crippen LogP contribution in [0.25, 0.3) is 10.9 Å². The largest absolute Gasteiger partial charge is 0.480 e. The Morgan fingerprint density at radius 3 is 1.50 bits per heavy atom. The number of rotatable bonds is 37. The molecule has 0 bridgehead atoms. The summed E-state index contributed by atoms with van der Waals surface area (Å²) in [6.45, 7) is 10.9. The molecule has 454 valence electrons. The second kappa shape index (κ2) is 35.2. The van der Waals surface area contributed by atoms with Crippen LogP contribution >= 0.6 is 0 Å². The third-order valence-corrected chi connectivity index (χ3v) is 14.1. The molecule has 3 rings (SSSR count). The Balaban J connectivity index is 1.95. The fraction of sp³-hybridized carbons (Fsp3) is 0.571. The van der Waals surface area contributed by atoms with Gasteiger partial charge in [0.25, 0.3) is 0 Å². The standard InChI is InChI=1S/C56H90N16O10/c1-7-32(5)45(72-54(80)46(33(6)8-2)71-47(73)37(60)20-23-57)53(79)70-42(27-31(3)4)50(76)65-40(22-25-59)49(75)69-44(29-35-30-64-38-18-13-12-17-36(35)38)52(78)66-39(21-24-58)48(74)68-43(28-34-15-10-9-11-16-34)51(77)67-41(55(81)82)19-14-26-63-56(61)62/h9-13,15-18,30-33,37,39-46,64H,7-8,14,19-29,57-60H2,1-6H3,(H,65,76)(H,66,78)(H,67,77)(H,68,74)(H,69,75)(H,70,79)(H,71,73)(H,72,80)(H,81,82)(H4,61,62,63)/t32-,33-,37-,39-,40-,41-,42-,43-,44-,45-,46-/m0/s1. The molecule has 2 aromatic carbocycles. The number of amides is 8. The molecule has 1 heterocycles. The molecular weight excluding hydrogens is 1060 g/mol. The van der Waals surface area contributed by atoms with E-state index in [0.29, 0.717) is 24.0 Å². The molecule has 0 radical (unpaired) electrons. The molecule has 82 heavy (non-hydrogen) atoms. The normalized spacial score (nSPS) is 15.3. The summed E-state index contributed by atoms with van der Waals surface area (Å²) in [5, 5.41) is 32.4. The number of fused-ring (bicyclic) bond motifs is 1. The number of H-pyrrole nitrogens is 1. The summed E-state index contributed by atoms with van der Waals surface area (Å²) >= 11 is 0. The molecular formula is C56H90N16O10. The lowest BCUT2D eigenvalue weighted by Crippen LogP contribution is -2.62. The zero-order valence-corrected chi connectivity index (χ0v) is 48.1. The van der Waals surface area contributed by atoms with Gasteiger partial charge in [-0.15, -0.1) is 0 Å². The number of carboxylic acids is 1. The SMILES string of the molecule is CC[C@H](C)[C@H](NC(=O)[C@@H](NC(=O)[C@@H](N)CCN)[C@@H](C)CC)C(=O)N[C@@H](CC(C)C)C(=O)N[C@@H](CCN)C(=O)N[C@@H](Cc1c[nH]c2ccccc12)C(=O)N[C@@H](CCN)C(=O)N[C@@H](Cc1ccccc1)C(=O)N[C@@H](CCCN=C(N)N)C(=O)O. The number of aliphatic imine (C=N–C) groups is 1. The quantitative estimate of drug-likeness (QED) is 0.0177. The average molecular weight is 1150 g/mol. The van der Waals surface area contributed by atoms with Gasteiger partial charge < -0.3 is 87.0 Å². The molecule has 0 spiro atoms. The van der Waals surface area contributed by atoms with E-state index in [0.717, 1.165) is 10.9 Å². The number of benzene rings is 2. The molecule has 26 nitrogen and oxygen atoms in total. The highest BCUT2D eigenvalue weighted by atomic mass is 16.4. The van der Waals surface area contributed by atoms with Gasteiger partial charge in [0, 0.05) is 36.5 Å². The van der Waals surface area contributed by atoms with Crippen molar-refractivity contribution in [3.05, 3.63) is 71.9 Å². The number of aromatic amines is 1. The molecule has 26 heteroatoms. The number of carboxylic acid groups (broad SMARTS) is 1. The van der Waals surface area contributed by atoms with Crippen LogP contribution in [0, 0.1) is 17.8 Å². The maximum atomic E-state index is 14.7. The van der Waals surface area contributed by atoms with E-state index in [1.807, 2.05) is 45.9 Å². The lowest BCUT2D eigenvalue weighted by atomic mass is 9.94. The van der Waals surface area contributed by atoms with E-state index in [1.165, 1.54) is 0 Å². The van der Waals surface area contributed by atoms with Crippen LogP contribution in [0.1, 0.15) is 104 Å². The number of para-hydroxylation sites is 1. The first-order valence-corrected chi connectivity index (χ1v) is 28.1. The summed E-state index contributed by atoms with van der Waals surface area (Å²) in [7, 11) is 0. The van der Waals surface area contributed by atoms with Crippen LogP contribution in [0.3, 0.4) is 0 Å². The van der Waals surface area contributed by atoms with Crippen LogP contribution < -0.4 is 76.9 Å². The highest BCUT2D eigenvalue weighted by molar-refractivity contribution is 5.98. The number of nitrogens with two attached hydrogens (primary N) is 6. The number of aliphatic carboxylic acids is 1. The number of carbonyl (C=O) groups is 9. The Morgan fingerprint density at radius 2 is 0.988 bits per heavy atom. The van der Waals surface area contributed by atoms with Gasteiger partial charge in [-0.3, -0.25) is 43.3 Å². The van der Waals surface area contributed by atoms with Gasteiger partial charge in [0.05, 0.1) is 6.04 Å². The van der Waals surface area contributed by atoms with E-state index in [4.69, 9.17) is 34.4 Å². The van der Waals surface area contributed by atoms with Gasteiger partial charge in [0.1, 0.15) is 48.3 Å². The first-order chi connectivity index (χ1) is 39.0. The van der Waals surface area contributed by atoms with Gasteiger partial charge in [-0.1, -0.05) is 103 Å². The maximum Gasteiger partial charge on any atom is 0.326 e. The van der Waals surface area contributed by atoms with Gasteiger partial charge in [-0.2, -0.15) is 0 Å². The van der Waals surface area contributed by atoms with Crippen molar-refractivity contribution < 1.29 is 48.3 Å². The number of guanidine groups is 1. The van der Waals surface area contributed by atoms with E-state index in [2.05, 4.69) is 52.5 Å². The molecule has 8 amide bonds. The number of nitrogens with zero attached hydrogens (tertiary/aromatic N) is 1. The molecule has 0 saturated carbocycles. The molecule has 0 fully saturated rings. The molecule has 1 aromatic heterocycles. The van der Waals surface area contributed by atoms with Crippen molar-refractivity contribution >= 4 is 70.1 Å². The van der Waals surface area contributed by atoms with Crippen molar-refractivity contribution in [1.29, 1.82) is 0 Å². The summed E-state index contributed by atoms with van der Waals surface area (Å²) < 4.78 is 0. The van der Waals surface area contributed by atoms with Gasteiger partial charge in [-0.05, 0) is 93.1 Å². The molecule has 0 aliphatic rings. The fourth-order valence-corrected chi connectivity index (χ4v) is 8.96. The fourth-order valence-electron chi connectivity index (χ4n) is 8.96. The average Bonchev–Trinajstić information content (AvgIpc) is 3.97. The maximum absolute atomic E-state index is 14.7. The number of nitrogens with one attached hydrogen (secondary N) is 9. The molecule has 0 saturated heterocycles. The van der Waals surface area contributed by atoms with Crippen molar-refractivity contribution in [3.8, 4) is 0 Å². The predicted molar refractivity (Wildman–Crippen MR) is 312 cm³/mol. The Bertz CT molecular complexity index is 2600. The third kappa shape index (κ3) is 22.3. The van der Waals surface area contributed by atoms with Gasteiger partial charge in [0.15, 0.2) is 5.96 Å². The van der Waals surface area contributed by atoms with Crippen LogP contribution in [0.2, 0.25) is 0 Å². The lowest BCUT2D eigenvalue weighted by molar-refractivity contribution is -0.142. The molecule has 11 atom stereocenters. The van der Waals surface area contributed by atoms with Crippen molar-refractivity contribution in [2.45, 2.75) is 160 Å². The number of aromatic nitrogens is 1. The number of hydrogen-bond acceptors (Lipinski definition) is 14. The Labute approximate surface area is 479 Å². The highest BCUT2D eigenvalue weighted by Crippen LogP contribution is 2.20. The van der Waals surface area contributed by atoms with Crippen molar-refractivity contribution in [3.63, 3.8) is 0 Å². The van der Waals surface area contributed by atoms with Gasteiger partial charge >= 0.3 is 5.97 Å². The van der Waals surface area contributed by atoms with Crippen LogP contribution in [0.15, 0.2) is 65.8 Å². The zero-order valence-electron chi connectivity index (χ0n) is 48.1. The topological polar surface area (TPSA) is 454 Å². The van der Waals surface area contributed by atoms with Crippen LogP contribution in [-0.2, 0) is 56.0 Å². The molecule has 0 aliphatic heterocycles. The number of carbonyl (C=O) groups excluding carboxylic acids is 8. The van der Waals surface area contributed by atoms with Crippen LogP contribution in [0.5, 0.6) is 0 Å². The van der Waals surface area contributed by atoms with Crippen LogP contribution in [0.4, 0.5) is 0 Å². The lowest BCUT2D eigenvalue weighted by Gasteiger charge is -2.31. The summed E-state index contributed by atoms with van der Waals surface area (Å²) in [5.74, 6) is -8.43. The molecule has 0 unspecified atom stereocenters. The van der Waals surface area contributed by atoms with E-state index >= 15 is 0 Å². The van der Waals surface area contributed by atoms with Crippen molar-refractivity contribution in [2.75, 3.05) is 26.2 Å². The molecule has 3 aromatic rings. The monoisotopic (exact) mass is 1150 g/mol. The Hall–Kier alpha value is -7.68. The molecule has 0 aliphatic carbocycles.